The predicted octanol–water partition coefficient (Wildman–Crippen LogP) is 3.45. The Bertz CT molecular complexity index is 636. The minimum Gasteiger partial charge on any atom is -0.450 e. The zero-order chi connectivity index (χ0) is 13.4. The summed E-state index contributed by atoms with van der Waals surface area (Å²) < 4.78 is 6.13. The molecule has 1 N–H and O–H groups in total. The number of ether oxygens (including phenoxy) is 1. The van der Waals surface area contributed by atoms with Gasteiger partial charge in [0.05, 0.1) is 13.2 Å². The summed E-state index contributed by atoms with van der Waals surface area (Å²) in [5.41, 5.74) is 3.56. The molecule has 0 unspecified atom stereocenters. The van der Waals surface area contributed by atoms with E-state index in [1.54, 1.807) is 4.90 Å². The van der Waals surface area contributed by atoms with Crippen molar-refractivity contribution in [3.63, 3.8) is 0 Å². The number of benzene rings is 1. The van der Waals surface area contributed by atoms with Gasteiger partial charge in [0.25, 0.3) is 0 Å². The largest absolute Gasteiger partial charge is 0.450 e. The number of halogens is 1. The molecule has 0 bridgehead atoms. The Hall–Kier alpha value is -1.49. The van der Waals surface area contributed by atoms with Gasteiger partial charge >= 0.3 is 6.09 Å². The van der Waals surface area contributed by atoms with Crippen LogP contribution in [0, 0.1) is 0 Å². The molecule has 0 saturated heterocycles. The summed E-state index contributed by atoms with van der Waals surface area (Å²) in [6, 6.07) is 6.18. The third kappa shape index (κ3) is 2.23. The van der Waals surface area contributed by atoms with Crippen LogP contribution in [0.15, 0.2) is 22.7 Å². The highest BCUT2D eigenvalue weighted by molar-refractivity contribution is 9.10. The molecular weight excluding hydrogens is 308 g/mol. The van der Waals surface area contributed by atoms with E-state index >= 15 is 0 Å². The highest BCUT2D eigenvalue weighted by Crippen LogP contribution is 2.30. The molecule has 4 nitrogen and oxygen atoms in total. The summed E-state index contributed by atoms with van der Waals surface area (Å²) in [7, 11) is 0. The first-order chi connectivity index (χ1) is 9.19. The van der Waals surface area contributed by atoms with Gasteiger partial charge in [-0.3, -0.25) is 0 Å². The Morgan fingerprint density at radius 3 is 3.16 bits per heavy atom. The molecule has 100 valence electrons. The SMILES string of the molecule is CCOC(=O)N1CCc2[nH]c3ccc(Br)cc3c2C1. The summed E-state index contributed by atoms with van der Waals surface area (Å²) in [4.78, 5) is 17.0. The third-order valence-corrected chi connectivity index (χ3v) is 3.96. The van der Waals surface area contributed by atoms with Gasteiger partial charge in [0, 0.05) is 39.6 Å². The van der Waals surface area contributed by atoms with Crippen LogP contribution in [-0.2, 0) is 17.7 Å². The van der Waals surface area contributed by atoms with Gasteiger partial charge in [-0.05, 0) is 25.1 Å². The zero-order valence-corrected chi connectivity index (χ0v) is 12.3. The van der Waals surface area contributed by atoms with Crippen LogP contribution in [0.2, 0.25) is 0 Å². The molecule has 1 aromatic carbocycles. The van der Waals surface area contributed by atoms with Crippen molar-refractivity contribution >= 4 is 32.9 Å². The molecule has 2 aromatic rings. The lowest BCUT2D eigenvalue weighted by Crippen LogP contribution is -2.36. The van der Waals surface area contributed by atoms with E-state index < -0.39 is 0 Å². The maximum Gasteiger partial charge on any atom is 0.410 e. The molecule has 0 saturated carbocycles. The second-order valence-electron chi connectivity index (χ2n) is 4.64. The summed E-state index contributed by atoms with van der Waals surface area (Å²) in [5, 5.41) is 1.18. The maximum atomic E-state index is 11.8. The Labute approximate surface area is 119 Å². The topological polar surface area (TPSA) is 45.3 Å². The summed E-state index contributed by atoms with van der Waals surface area (Å²) >= 11 is 3.49. The van der Waals surface area contributed by atoms with Crippen LogP contribution in [0.4, 0.5) is 4.79 Å². The number of amides is 1. The van der Waals surface area contributed by atoms with Crippen molar-refractivity contribution in [2.45, 2.75) is 19.9 Å². The predicted molar refractivity (Wildman–Crippen MR) is 77.1 cm³/mol. The molecule has 1 amide bonds. The van der Waals surface area contributed by atoms with E-state index in [0.717, 1.165) is 16.4 Å². The van der Waals surface area contributed by atoms with Crippen LogP contribution < -0.4 is 0 Å². The standard InChI is InChI=1S/C14H15BrN2O2/c1-2-19-14(18)17-6-5-13-11(8-17)10-7-9(15)3-4-12(10)16-13/h3-4,7,16H,2,5-6,8H2,1H3. The molecule has 0 radical (unpaired) electrons. The number of hydrogen-bond donors (Lipinski definition) is 1. The molecule has 19 heavy (non-hydrogen) atoms. The van der Waals surface area contributed by atoms with E-state index in [2.05, 4.69) is 33.0 Å². The van der Waals surface area contributed by atoms with Crippen molar-refractivity contribution in [3.05, 3.63) is 33.9 Å². The van der Waals surface area contributed by atoms with Gasteiger partial charge in [-0.1, -0.05) is 15.9 Å². The number of fused-ring (bicyclic) bond motifs is 3. The Kier molecular flexibility index (Phi) is 3.22. The molecule has 1 aliphatic heterocycles. The number of nitrogens with one attached hydrogen (secondary N) is 1. The molecule has 0 aliphatic carbocycles. The summed E-state index contributed by atoms with van der Waals surface area (Å²) in [6.07, 6.45) is 0.623. The monoisotopic (exact) mass is 322 g/mol. The first-order valence-corrected chi connectivity index (χ1v) is 7.19. The van der Waals surface area contributed by atoms with Gasteiger partial charge in [-0.2, -0.15) is 0 Å². The van der Waals surface area contributed by atoms with Gasteiger partial charge in [0.2, 0.25) is 0 Å². The summed E-state index contributed by atoms with van der Waals surface area (Å²) in [5.74, 6) is 0. The van der Waals surface area contributed by atoms with Crippen LogP contribution >= 0.6 is 15.9 Å². The van der Waals surface area contributed by atoms with Crippen LogP contribution in [0.3, 0.4) is 0 Å². The lowest BCUT2D eigenvalue weighted by atomic mass is 10.1. The molecule has 2 heterocycles. The number of carbonyl (C=O) groups excluding carboxylic acids is 1. The first kappa shape index (κ1) is 12.5. The number of H-pyrrole nitrogens is 1. The molecule has 0 fully saturated rings. The minimum absolute atomic E-state index is 0.225. The second-order valence-corrected chi connectivity index (χ2v) is 5.56. The molecular formula is C14H15BrN2O2. The first-order valence-electron chi connectivity index (χ1n) is 6.39. The minimum atomic E-state index is -0.225. The fourth-order valence-electron chi connectivity index (χ4n) is 2.56. The Morgan fingerprint density at radius 1 is 1.53 bits per heavy atom. The zero-order valence-electron chi connectivity index (χ0n) is 10.7. The molecule has 1 aliphatic rings. The van der Waals surface area contributed by atoms with Gasteiger partial charge < -0.3 is 14.6 Å². The van der Waals surface area contributed by atoms with Crippen LogP contribution in [0.5, 0.6) is 0 Å². The quantitative estimate of drug-likeness (QED) is 0.874. The van der Waals surface area contributed by atoms with E-state index in [4.69, 9.17) is 4.74 Å². The van der Waals surface area contributed by atoms with Crippen molar-refractivity contribution in [1.29, 1.82) is 0 Å². The molecule has 3 rings (SSSR count). The Morgan fingerprint density at radius 2 is 2.37 bits per heavy atom. The second kappa shape index (κ2) is 4.89. The van der Waals surface area contributed by atoms with E-state index in [1.807, 2.05) is 13.0 Å². The molecule has 1 aromatic heterocycles. The van der Waals surface area contributed by atoms with Crippen LogP contribution in [-0.4, -0.2) is 29.1 Å². The van der Waals surface area contributed by atoms with Gasteiger partial charge in [-0.15, -0.1) is 0 Å². The maximum absolute atomic E-state index is 11.8. The number of carbonyl (C=O) groups is 1. The molecule has 0 atom stereocenters. The van der Waals surface area contributed by atoms with E-state index in [-0.39, 0.29) is 6.09 Å². The van der Waals surface area contributed by atoms with Crippen molar-refractivity contribution in [3.8, 4) is 0 Å². The van der Waals surface area contributed by atoms with Gasteiger partial charge in [-0.25, -0.2) is 4.79 Å². The van der Waals surface area contributed by atoms with E-state index in [9.17, 15) is 4.79 Å². The molecule has 5 heteroatoms. The van der Waals surface area contributed by atoms with Gasteiger partial charge in [0.1, 0.15) is 0 Å². The molecule has 0 spiro atoms. The average Bonchev–Trinajstić information content (AvgIpc) is 2.76. The fourth-order valence-corrected chi connectivity index (χ4v) is 2.92. The highest BCUT2D eigenvalue weighted by Gasteiger charge is 2.24. The van der Waals surface area contributed by atoms with E-state index in [0.29, 0.717) is 19.7 Å². The van der Waals surface area contributed by atoms with E-state index in [1.165, 1.54) is 16.6 Å². The van der Waals surface area contributed by atoms with Crippen molar-refractivity contribution in [2.75, 3.05) is 13.2 Å². The van der Waals surface area contributed by atoms with Crippen LogP contribution in [0.1, 0.15) is 18.2 Å². The Balaban J connectivity index is 1.97. The normalized spacial score (nSPS) is 14.5. The third-order valence-electron chi connectivity index (χ3n) is 3.46. The average molecular weight is 323 g/mol. The van der Waals surface area contributed by atoms with Gasteiger partial charge in [0.15, 0.2) is 0 Å². The smallest absolute Gasteiger partial charge is 0.410 e. The fraction of sp³-hybridized carbons (Fsp3) is 0.357. The number of aromatic nitrogens is 1. The number of nitrogens with zero attached hydrogens (tertiary/aromatic N) is 1. The van der Waals surface area contributed by atoms with Crippen LogP contribution in [0.25, 0.3) is 10.9 Å². The lowest BCUT2D eigenvalue weighted by Gasteiger charge is -2.26. The number of hydrogen-bond acceptors (Lipinski definition) is 2. The van der Waals surface area contributed by atoms with Crippen molar-refractivity contribution in [1.82, 2.24) is 9.88 Å². The number of aromatic amines is 1. The summed E-state index contributed by atoms with van der Waals surface area (Å²) in [6.45, 7) is 3.57. The lowest BCUT2D eigenvalue weighted by molar-refractivity contribution is 0.103. The number of rotatable bonds is 1. The highest BCUT2D eigenvalue weighted by atomic mass is 79.9. The van der Waals surface area contributed by atoms with Crippen molar-refractivity contribution in [2.24, 2.45) is 0 Å². The van der Waals surface area contributed by atoms with Crippen molar-refractivity contribution < 1.29 is 9.53 Å².